The molecule has 13 heavy (non-hydrogen) atoms. The van der Waals surface area contributed by atoms with Gasteiger partial charge in [-0.3, -0.25) is 4.79 Å². The molecule has 0 aliphatic heterocycles. The van der Waals surface area contributed by atoms with Crippen molar-refractivity contribution in [3.05, 3.63) is 34.6 Å². The Morgan fingerprint density at radius 1 is 1.38 bits per heavy atom. The van der Waals surface area contributed by atoms with E-state index in [9.17, 15) is 9.18 Å². The van der Waals surface area contributed by atoms with Gasteiger partial charge < -0.3 is 0 Å². The van der Waals surface area contributed by atoms with Crippen molar-refractivity contribution in [3.8, 4) is 0 Å². The largest absolute Gasteiger partial charge is 0.294 e. The van der Waals surface area contributed by atoms with Crippen LogP contribution in [-0.4, -0.2) is 5.78 Å². The van der Waals surface area contributed by atoms with E-state index < -0.39 is 0 Å². The van der Waals surface area contributed by atoms with E-state index in [4.69, 9.17) is 0 Å². The second kappa shape index (κ2) is 2.95. The first-order valence-electron chi connectivity index (χ1n) is 4.51. The molecule has 0 bridgehead atoms. The summed E-state index contributed by atoms with van der Waals surface area (Å²) < 4.78 is 13.6. The zero-order valence-electron chi connectivity index (χ0n) is 7.56. The summed E-state index contributed by atoms with van der Waals surface area (Å²) in [5.41, 5.74) is 2.07. The molecular weight excluding hydrogens is 167 g/mol. The van der Waals surface area contributed by atoms with Crippen molar-refractivity contribution in [3.63, 3.8) is 0 Å². The zero-order chi connectivity index (χ0) is 9.42. The van der Waals surface area contributed by atoms with E-state index in [2.05, 4.69) is 0 Å². The highest BCUT2D eigenvalue weighted by atomic mass is 19.1. The normalized spacial score (nSPS) is 14.3. The number of rotatable bonds is 1. The average Bonchev–Trinajstić information content (AvgIpc) is 2.52. The summed E-state index contributed by atoms with van der Waals surface area (Å²) in [5, 5.41) is 0. The molecule has 0 aromatic heterocycles. The molecule has 0 spiro atoms. The Balaban J connectivity index is 2.59. The molecule has 0 saturated heterocycles. The average molecular weight is 178 g/mol. The van der Waals surface area contributed by atoms with E-state index in [0.29, 0.717) is 0 Å². The standard InChI is InChI=1S/C11H11FO/c1-7(13)9-6-5-8-3-2-4-10(8)11(9)12/h5-6H,2-4H2,1H3. The molecule has 68 valence electrons. The lowest BCUT2D eigenvalue weighted by Crippen LogP contribution is -2.01. The zero-order valence-corrected chi connectivity index (χ0v) is 7.56. The van der Waals surface area contributed by atoms with Crippen LogP contribution in [0.3, 0.4) is 0 Å². The van der Waals surface area contributed by atoms with Crippen LogP contribution in [0.25, 0.3) is 0 Å². The Morgan fingerprint density at radius 2 is 2.15 bits per heavy atom. The second-order valence-corrected chi connectivity index (χ2v) is 3.47. The van der Waals surface area contributed by atoms with Crippen molar-refractivity contribution in [2.75, 3.05) is 0 Å². The van der Waals surface area contributed by atoms with Crippen molar-refractivity contribution in [1.29, 1.82) is 0 Å². The van der Waals surface area contributed by atoms with Crippen LogP contribution in [0.5, 0.6) is 0 Å². The molecular formula is C11H11FO. The molecule has 1 nitrogen and oxygen atoms in total. The first-order chi connectivity index (χ1) is 6.20. The molecule has 2 rings (SSSR count). The highest BCUT2D eigenvalue weighted by Gasteiger charge is 2.19. The van der Waals surface area contributed by atoms with Gasteiger partial charge in [0.25, 0.3) is 0 Å². The van der Waals surface area contributed by atoms with E-state index in [0.717, 1.165) is 30.4 Å². The maximum Gasteiger partial charge on any atom is 0.162 e. The fourth-order valence-corrected chi connectivity index (χ4v) is 1.89. The highest BCUT2D eigenvalue weighted by Crippen LogP contribution is 2.26. The molecule has 1 aliphatic carbocycles. The number of ketones is 1. The summed E-state index contributed by atoms with van der Waals surface area (Å²) >= 11 is 0. The Hall–Kier alpha value is -1.18. The van der Waals surface area contributed by atoms with Gasteiger partial charge in [-0.1, -0.05) is 6.07 Å². The predicted molar refractivity (Wildman–Crippen MR) is 48.4 cm³/mol. The maximum absolute atomic E-state index is 13.6. The molecule has 0 radical (unpaired) electrons. The Bertz CT molecular complexity index is 369. The molecule has 0 atom stereocenters. The minimum atomic E-state index is -0.289. The number of Topliss-reactive ketones (excluding diaryl/α,β-unsaturated/α-hetero) is 1. The fourth-order valence-electron chi connectivity index (χ4n) is 1.89. The topological polar surface area (TPSA) is 17.1 Å². The molecule has 0 fully saturated rings. The van der Waals surface area contributed by atoms with Gasteiger partial charge in [-0.05, 0) is 43.4 Å². The number of fused-ring (bicyclic) bond motifs is 1. The molecule has 1 aromatic carbocycles. The van der Waals surface area contributed by atoms with Gasteiger partial charge >= 0.3 is 0 Å². The molecule has 0 unspecified atom stereocenters. The van der Waals surface area contributed by atoms with Gasteiger partial charge in [-0.15, -0.1) is 0 Å². The summed E-state index contributed by atoms with van der Waals surface area (Å²) in [6.07, 6.45) is 2.74. The van der Waals surface area contributed by atoms with Crippen LogP contribution in [0.15, 0.2) is 12.1 Å². The minimum Gasteiger partial charge on any atom is -0.294 e. The van der Waals surface area contributed by atoms with E-state index >= 15 is 0 Å². The Labute approximate surface area is 76.6 Å². The van der Waals surface area contributed by atoms with Crippen LogP contribution in [0.2, 0.25) is 0 Å². The Kier molecular flexibility index (Phi) is 1.91. The summed E-state index contributed by atoms with van der Waals surface area (Å²) in [6.45, 7) is 1.40. The molecule has 1 aliphatic rings. The number of benzene rings is 1. The van der Waals surface area contributed by atoms with E-state index in [-0.39, 0.29) is 17.2 Å². The third-order valence-corrected chi connectivity index (χ3v) is 2.59. The highest BCUT2D eigenvalue weighted by molar-refractivity contribution is 5.94. The predicted octanol–water partition coefficient (Wildman–Crippen LogP) is 2.52. The van der Waals surface area contributed by atoms with Gasteiger partial charge in [-0.25, -0.2) is 4.39 Å². The lowest BCUT2D eigenvalue weighted by atomic mass is 10.0. The second-order valence-electron chi connectivity index (χ2n) is 3.47. The third-order valence-electron chi connectivity index (χ3n) is 2.59. The third kappa shape index (κ3) is 1.26. The number of halogens is 1. The lowest BCUT2D eigenvalue weighted by Gasteiger charge is -2.04. The molecule has 0 saturated carbocycles. The van der Waals surface area contributed by atoms with Crippen molar-refractivity contribution in [2.24, 2.45) is 0 Å². The molecule has 0 heterocycles. The van der Waals surface area contributed by atoms with Gasteiger partial charge in [0, 0.05) is 0 Å². The quantitative estimate of drug-likeness (QED) is 0.604. The summed E-state index contributed by atoms with van der Waals surface area (Å²) in [4.78, 5) is 11.0. The van der Waals surface area contributed by atoms with Gasteiger partial charge in [0.2, 0.25) is 0 Å². The van der Waals surface area contributed by atoms with Crippen LogP contribution in [0, 0.1) is 5.82 Å². The maximum atomic E-state index is 13.6. The van der Waals surface area contributed by atoms with Gasteiger partial charge in [0.05, 0.1) is 5.56 Å². The number of hydrogen-bond acceptors (Lipinski definition) is 1. The first kappa shape index (κ1) is 8.42. The van der Waals surface area contributed by atoms with Gasteiger partial charge in [-0.2, -0.15) is 0 Å². The fraction of sp³-hybridized carbons (Fsp3) is 0.364. The minimum absolute atomic E-state index is 0.188. The SMILES string of the molecule is CC(=O)c1ccc2c(c1F)CCC2. The number of carbonyl (C=O) groups excluding carboxylic acids is 1. The molecule has 1 aromatic rings. The van der Waals surface area contributed by atoms with Crippen molar-refractivity contribution in [1.82, 2.24) is 0 Å². The number of hydrogen-bond donors (Lipinski definition) is 0. The van der Waals surface area contributed by atoms with Crippen molar-refractivity contribution < 1.29 is 9.18 Å². The number of carbonyl (C=O) groups is 1. The molecule has 2 heteroatoms. The van der Waals surface area contributed by atoms with Crippen LogP contribution < -0.4 is 0 Å². The van der Waals surface area contributed by atoms with E-state index in [1.165, 1.54) is 6.92 Å². The van der Waals surface area contributed by atoms with Crippen LogP contribution in [-0.2, 0) is 12.8 Å². The van der Waals surface area contributed by atoms with Gasteiger partial charge in [0.15, 0.2) is 5.78 Å². The lowest BCUT2D eigenvalue weighted by molar-refractivity contribution is 0.101. The first-order valence-corrected chi connectivity index (χ1v) is 4.51. The van der Waals surface area contributed by atoms with Crippen LogP contribution in [0.1, 0.15) is 34.8 Å². The van der Waals surface area contributed by atoms with Crippen LogP contribution in [0.4, 0.5) is 4.39 Å². The van der Waals surface area contributed by atoms with Gasteiger partial charge in [0.1, 0.15) is 5.82 Å². The smallest absolute Gasteiger partial charge is 0.162 e. The molecule has 0 amide bonds. The number of aryl methyl sites for hydroxylation is 1. The molecule has 0 N–H and O–H groups in total. The van der Waals surface area contributed by atoms with Crippen molar-refractivity contribution >= 4 is 5.78 Å². The van der Waals surface area contributed by atoms with Crippen LogP contribution >= 0.6 is 0 Å². The Morgan fingerprint density at radius 3 is 2.85 bits per heavy atom. The van der Waals surface area contributed by atoms with Crippen molar-refractivity contribution in [2.45, 2.75) is 26.2 Å². The monoisotopic (exact) mass is 178 g/mol. The van der Waals surface area contributed by atoms with E-state index in [1.54, 1.807) is 6.07 Å². The summed E-state index contributed by atoms with van der Waals surface area (Å²) in [6, 6.07) is 3.48. The summed E-state index contributed by atoms with van der Waals surface area (Å²) in [7, 11) is 0. The summed E-state index contributed by atoms with van der Waals surface area (Å²) in [5.74, 6) is -0.477. The van der Waals surface area contributed by atoms with E-state index in [1.807, 2.05) is 6.07 Å².